The topological polar surface area (TPSA) is 221 Å². The highest BCUT2D eigenvalue weighted by Crippen LogP contribution is 2.72. The third kappa shape index (κ3) is 2.80. The monoisotopic (exact) mass is 638 g/mol. The number of halogens is 1. The molecule has 2 bridgehead atoms. The Bertz CT molecular complexity index is 1980. The van der Waals surface area contributed by atoms with Crippen LogP contribution in [-0.2, 0) is 30.3 Å². The SMILES string of the molecule is COC(=O)[C@]12Oc3c(Cl)c4c(c(O)c3C(O)=C1C(=O)CC[C@H]2O)[C@@H]1C(=O)C2=C(O)c3c(O)ccc(O)c3C(=O)[C@@]2(C4)[C@@H]2O[C@]12C. The summed E-state index contributed by atoms with van der Waals surface area (Å²) < 4.78 is 16.9. The lowest BCUT2D eigenvalue weighted by Crippen LogP contribution is -2.61. The number of aromatic hydroxyl groups is 3. The van der Waals surface area contributed by atoms with Crippen LogP contribution in [-0.4, -0.2) is 84.5 Å². The van der Waals surface area contributed by atoms with Crippen LogP contribution in [0.1, 0.15) is 58.3 Å². The molecule has 0 radical (unpaired) electrons. The van der Waals surface area contributed by atoms with E-state index in [0.29, 0.717) is 0 Å². The summed E-state index contributed by atoms with van der Waals surface area (Å²) in [6.45, 7) is 1.53. The van der Waals surface area contributed by atoms with Gasteiger partial charge in [-0.1, -0.05) is 11.6 Å². The molecule has 3 fully saturated rings. The average Bonchev–Trinajstić information content (AvgIpc) is 3.73. The van der Waals surface area contributed by atoms with E-state index in [1.165, 1.54) is 6.92 Å². The standard InChI is InChI=1S/C31H23ClO13/c1-29-18-13-8(7-30(27(29)45-29)19(24(18)40)22(38)14-9(33)3-4-10(34)15(14)26(30)41)20(32)25-16(21(13)37)23(39)17-11(35)5-6-12(36)31(17,44-25)28(42)43-2/h3-4,12,18,27,33-34,36-39H,5-7H2,1-2H3/t12-,18-,27-,29-,30+,31-/m1/s1. The predicted octanol–water partition coefficient (Wildman–Crippen LogP) is 2.29. The zero-order valence-corrected chi connectivity index (χ0v) is 24.2. The number of aliphatic hydroxyl groups excluding tert-OH is 3. The molecular weight excluding hydrogens is 616 g/mol. The second-order valence-corrected chi connectivity index (χ2v) is 12.7. The number of Topliss-reactive ketones (excluding diaryl/α,β-unsaturated/α-hetero) is 3. The molecule has 13 nitrogen and oxygen atoms in total. The van der Waals surface area contributed by atoms with Gasteiger partial charge in [0.05, 0.1) is 45.7 Å². The van der Waals surface area contributed by atoms with Gasteiger partial charge in [-0.05, 0) is 37.5 Å². The molecule has 232 valence electrons. The van der Waals surface area contributed by atoms with Crippen molar-refractivity contribution in [3.8, 4) is 23.0 Å². The van der Waals surface area contributed by atoms with Crippen LogP contribution < -0.4 is 4.74 Å². The van der Waals surface area contributed by atoms with Gasteiger partial charge in [-0.25, -0.2) is 4.79 Å². The van der Waals surface area contributed by atoms with Gasteiger partial charge in [0, 0.05) is 12.0 Å². The van der Waals surface area contributed by atoms with Gasteiger partial charge in [0.15, 0.2) is 23.1 Å². The lowest BCUT2D eigenvalue weighted by atomic mass is 9.56. The molecule has 7 aliphatic rings. The minimum atomic E-state index is -2.55. The minimum absolute atomic E-state index is 0.0320. The van der Waals surface area contributed by atoms with Crippen molar-refractivity contribution in [2.45, 2.75) is 55.5 Å². The van der Waals surface area contributed by atoms with Gasteiger partial charge in [0.2, 0.25) is 0 Å². The Labute approximate surface area is 257 Å². The van der Waals surface area contributed by atoms with Gasteiger partial charge in [-0.15, -0.1) is 0 Å². The van der Waals surface area contributed by atoms with Crippen LogP contribution in [0.2, 0.25) is 5.02 Å². The third-order valence-electron chi connectivity index (χ3n) is 10.3. The van der Waals surface area contributed by atoms with Gasteiger partial charge in [0.25, 0.3) is 5.60 Å². The summed E-state index contributed by atoms with van der Waals surface area (Å²) >= 11 is 6.94. The molecule has 0 amide bonds. The van der Waals surface area contributed by atoms with E-state index in [2.05, 4.69) is 0 Å². The Kier molecular flexibility index (Phi) is 5.06. The average molecular weight is 639 g/mol. The fourth-order valence-electron chi connectivity index (χ4n) is 8.37. The summed E-state index contributed by atoms with van der Waals surface area (Å²) in [6, 6.07) is 2.11. The zero-order valence-electron chi connectivity index (χ0n) is 23.4. The molecule has 0 aromatic heterocycles. The lowest BCUT2D eigenvalue weighted by molar-refractivity contribution is -0.169. The maximum Gasteiger partial charge on any atom is 0.358 e. The number of carbonyl (C=O) groups excluding carboxylic acids is 4. The second kappa shape index (κ2) is 8.16. The first-order chi connectivity index (χ1) is 21.2. The first-order valence-electron chi connectivity index (χ1n) is 14.0. The Morgan fingerprint density at radius 3 is 2.31 bits per heavy atom. The van der Waals surface area contributed by atoms with E-state index in [1.807, 2.05) is 0 Å². The fraction of sp³-hybridized carbons (Fsp3) is 0.355. The molecule has 2 saturated carbocycles. The molecule has 1 spiro atoms. The van der Waals surface area contributed by atoms with Gasteiger partial charge in [0.1, 0.15) is 52.1 Å². The molecule has 6 N–H and O–H groups in total. The minimum Gasteiger partial charge on any atom is -0.507 e. The van der Waals surface area contributed by atoms with Crippen LogP contribution in [0.25, 0.3) is 11.5 Å². The van der Waals surface area contributed by atoms with Crippen LogP contribution in [0.3, 0.4) is 0 Å². The number of methoxy groups -OCH3 is 1. The number of aliphatic hydroxyl groups is 3. The quantitative estimate of drug-likeness (QED) is 0.150. The Morgan fingerprint density at radius 1 is 1.00 bits per heavy atom. The Hall–Kier alpha value is -4.59. The maximum atomic E-state index is 14.5. The normalized spacial score (nSPS) is 33.7. The Morgan fingerprint density at radius 2 is 1.64 bits per heavy atom. The molecule has 0 unspecified atom stereocenters. The van der Waals surface area contributed by atoms with Crippen molar-refractivity contribution in [3.63, 3.8) is 0 Å². The smallest absolute Gasteiger partial charge is 0.358 e. The highest BCUT2D eigenvalue weighted by atomic mass is 35.5. The number of hydrogen-bond acceptors (Lipinski definition) is 13. The molecule has 2 aromatic carbocycles. The number of ether oxygens (including phenoxy) is 3. The largest absolute Gasteiger partial charge is 0.507 e. The number of epoxide rings is 1. The molecule has 14 heteroatoms. The van der Waals surface area contributed by atoms with Crippen LogP contribution in [0, 0.1) is 5.41 Å². The zero-order chi connectivity index (χ0) is 32.3. The highest BCUT2D eigenvalue weighted by molar-refractivity contribution is 6.34. The van der Waals surface area contributed by atoms with E-state index in [9.17, 15) is 49.8 Å². The van der Waals surface area contributed by atoms with Crippen molar-refractivity contribution in [2.75, 3.05) is 7.11 Å². The number of rotatable bonds is 1. The van der Waals surface area contributed by atoms with Crippen molar-refractivity contribution in [1.29, 1.82) is 0 Å². The molecule has 5 aliphatic carbocycles. The molecule has 2 heterocycles. The fourth-order valence-corrected chi connectivity index (χ4v) is 8.67. The van der Waals surface area contributed by atoms with Crippen LogP contribution in [0.5, 0.6) is 23.0 Å². The molecule has 6 atom stereocenters. The molecule has 45 heavy (non-hydrogen) atoms. The van der Waals surface area contributed by atoms with E-state index >= 15 is 0 Å². The van der Waals surface area contributed by atoms with Crippen molar-refractivity contribution in [3.05, 3.63) is 56.1 Å². The van der Waals surface area contributed by atoms with Gasteiger partial charge < -0.3 is 44.8 Å². The summed E-state index contributed by atoms with van der Waals surface area (Å²) in [4.78, 5) is 55.2. The lowest BCUT2D eigenvalue weighted by Gasteiger charge is -2.43. The number of fused-ring (bicyclic) bond motifs is 3. The van der Waals surface area contributed by atoms with E-state index in [1.54, 1.807) is 0 Å². The molecule has 9 rings (SSSR count). The molecule has 2 aromatic rings. The van der Waals surface area contributed by atoms with Crippen LogP contribution in [0.15, 0.2) is 23.3 Å². The summed E-state index contributed by atoms with van der Waals surface area (Å²) in [5, 5.41) is 66.9. The number of hydrogen-bond donors (Lipinski definition) is 6. The number of ketones is 3. The summed E-state index contributed by atoms with van der Waals surface area (Å²) in [7, 11) is 0.988. The number of phenolic OH excluding ortho intramolecular Hbond substituents is 3. The van der Waals surface area contributed by atoms with Gasteiger partial charge >= 0.3 is 5.97 Å². The maximum absolute atomic E-state index is 14.5. The van der Waals surface area contributed by atoms with Gasteiger partial charge in [-0.3, -0.25) is 14.4 Å². The summed E-state index contributed by atoms with van der Waals surface area (Å²) in [6.07, 6.45) is -3.76. The van der Waals surface area contributed by atoms with Gasteiger partial charge in [-0.2, -0.15) is 0 Å². The van der Waals surface area contributed by atoms with Crippen LogP contribution >= 0.6 is 11.6 Å². The number of esters is 1. The molecule has 2 aliphatic heterocycles. The van der Waals surface area contributed by atoms with Crippen molar-refractivity contribution >= 4 is 46.4 Å². The Balaban J connectivity index is 1.46. The van der Waals surface area contributed by atoms with Crippen molar-refractivity contribution in [1.82, 2.24) is 0 Å². The highest BCUT2D eigenvalue weighted by Gasteiger charge is 2.80. The van der Waals surface area contributed by atoms with Crippen LogP contribution in [0.4, 0.5) is 0 Å². The summed E-state index contributed by atoms with van der Waals surface area (Å²) in [5.41, 5.74) is -8.68. The van der Waals surface area contributed by atoms with E-state index in [-0.39, 0.29) is 29.0 Å². The molecule has 1 saturated heterocycles. The number of phenols is 3. The van der Waals surface area contributed by atoms with E-state index in [0.717, 1.165) is 19.2 Å². The molecular formula is C31H23ClO13. The number of benzene rings is 2. The van der Waals surface area contributed by atoms with Crippen molar-refractivity contribution in [2.24, 2.45) is 5.41 Å². The van der Waals surface area contributed by atoms with E-state index in [4.69, 9.17) is 25.8 Å². The first-order valence-corrected chi connectivity index (χ1v) is 14.3. The van der Waals surface area contributed by atoms with E-state index < -0.39 is 127 Å². The summed E-state index contributed by atoms with van der Waals surface area (Å²) in [5.74, 6) is -9.21. The van der Waals surface area contributed by atoms with Crippen molar-refractivity contribution < 1.29 is 64.0 Å². The predicted molar refractivity (Wildman–Crippen MR) is 149 cm³/mol. The first kappa shape index (κ1) is 27.9. The number of carbonyl (C=O) groups is 4. The second-order valence-electron chi connectivity index (χ2n) is 12.3. The third-order valence-corrected chi connectivity index (χ3v) is 10.7.